The second-order valence-electron chi connectivity index (χ2n) is 5.71. The van der Waals surface area contributed by atoms with Crippen molar-refractivity contribution >= 4 is 11.6 Å². The SMILES string of the molecule is CCOc1cccn2c(C(=O)NC3CCCC3)c(CC)nc12. The van der Waals surface area contributed by atoms with Gasteiger partial charge in [0.15, 0.2) is 11.4 Å². The molecule has 1 amide bonds. The molecule has 0 unspecified atom stereocenters. The molecule has 0 saturated heterocycles. The number of rotatable bonds is 5. The molecule has 1 saturated carbocycles. The maximum absolute atomic E-state index is 12.7. The van der Waals surface area contributed by atoms with Crippen LogP contribution < -0.4 is 10.1 Å². The van der Waals surface area contributed by atoms with Gasteiger partial charge in [0.2, 0.25) is 0 Å². The third kappa shape index (κ3) is 2.67. The summed E-state index contributed by atoms with van der Waals surface area (Å²) in [7, 11) is 0. The molecule has 3 rings (SSSR count). The molecule has 1 fully saturated rings. The van der Waals surface area contributed by atoms with Crippen molar-refractivity contribution in [1.29, 1.82) is 0 Å². The number of pyridine rings is 1. The molecule has 2 heterocycles. The van der Waals surface area contributed by atoms with Crippen LogP contribution in [-0.4, -0.2) is 27.9 Å². The molecular formula is C17H23N3O2. The van der Waals surface area contributed by atoms with Crippen molar-refractivity contribution in [2.24, 2.45) is 0 Å². The predicted octanol–water partition coefficient (Wildman–Crippen LogP) is 2.97. The Kier molecular flexibility index (Phi) is 4.32. The van der Waals surface area contributed by atoms with Crippen molar-refractivity contribution in [3.63, 3.8) is 0 Å². The van der Waals surface area contributed by atoms with Gasteiger partial charge in [-0.3, -0.25) is 9.20 Å². The highest BCUT2D eigenvalue weighted by Gasteiger charge is 2.23. The molecule has 0 bridgehead atoms. The topological polar surface area (TPSA) is 55.6 Å². The second-order valence-corrected chi connectivity index (χ2v) is 5.71. The van der Waals surface area contributed by atoms with Gasteiger partial charge in [0.05, 0.1) is 12.3 Å². The lowest BCUT2D eigenvalue weighted by atomic mass is 10.2. The first kappa shape index (κ1) is 14.9. The van der Waals surface area contributed by atoms with E-state index in [1.807, 2.05) is 36.6 Å². The fourth-order valence-electron chi connectivity index (χ4n) is 3.17. The Morgan fingerprint density at radius 1 is 1.41 bits per heavy atom. The van der Waals surface area contributed by atoms with Gasteiger partial charge in [0, 0.05) is 12.2 Å². The van der Waals surface area contributed by atoms with Crippen LogP contribution in [0.4, 0.5) is 0 Å². The molecule has 0 radical (unpaired) electrons. The van der Waals surface area contributed by atoms with Crippen molar-refractivity contribution in [1.82, 2.24) is 14.7 Å². The van der Waals surface area contributed by atoms with Gasteiger partial charge in [0.25, 0.3) is 5.91 Å². The summed E-state index contributed by atoms with van der Waals surface area (Å²) in [5.41, 5.74) is 2.19. The number of imidazole rings is 1. The number of ether oxygens (including phenoxy) is 1. The molecule has 5 heteroatoms. The van der Waals surface area contributed by atoms with Gasteiger partial charge in [-0.05, 0) is 38.3 Å². The third-order valence-corrected chi connectivity index (χ3v) is 4.23. The minimum Gasteiger partial charge on any atom is -0.490 e. The zero-order chi connectivity index (χ0) is 15.5. The monoisotopic (exact) mass is 301 g/mol. The Bertz CT molecular complexity index is 672. The highest BCUT2D eigenvalue weighted by molar-refractivity contribution is 5.95. The summed E-state index contributed by atoms with van der Waals surface area (Å²) in [6.07, 6.45) is 7.16. The average molecular weight is 301 g/mol. The number of amides is 1. The Morgan fingerprint density at radius 2 is 2.18 bits per heavy atom. The Hall–Kier alpha value is -2.04. The lowest BCUT2D eigenvalue weighted by Gasteiger charge is -2.12. The van der Waals surface area contributed by atoms with Crippen LogP contribution in [0.15, 0.2) is 18.3 Å². The molecule has 1 aliphatic rings. The van der Waals surface area contributed by atoms with E-state index in [1.165, 1.54) is 12.8 Å². The number of aromatic nitrogens is 2. The van der Waals surface area contributed by atoms with Gasteiger partial charge in [-0.1, -0.05) is 19.8 Å². The van der Waals surface area contributed by atoms with E-state index in [4.69, 9.17) is 4.74 Å². The molecule has 5 nitrogen and oxygen atoms in total. The highest BCUT2D eigenvalue weighted by atomic mass is 16.5. The average Bonchev–Trinajstić information content (AvgIpc) is 3.14. The van der Waals surface area contributed by atoms with Crippen molar-refractivity contribution in [3.8, 4) is 5.75 Å². The second kappa shape index (κ2) is 6.38. The molecule has 118 valence electrons. The van der Waals surface area contributed by atoms with E-state index in [1.54, 1.807) is 0 Å². The maximum atomic E-state index is 12.7. The number of carbonyl (C=O) groups excluding carboxylic acids is 1. The largest absolute Gasteiger partial charge is 0.490 e. The quantitative estimate of drug-likeness (QED) is 0.923. The van der Waals surface area contributed by atoms with E-state index in [9.17, 15) is 4.79 Å². The first-order valence-electron chi connectivity index (χ1n) is 8.18. The maximum Gasteiger partial charge on any atom is 0.270 e. The first-order chi connectivity index (χ1) is 10.7. The summed E-state index contributed by atoms with van der Waals surface area (Å²) in [5.74, 6) is 0.699. The highest BCUT2D eigenvalue weighted by Crippen LogP contribution is 2.24. The Labute approximate surface area is 130 Å². The molecule has 0 aliphatic heterocycles. The number of carbonyl (C=O) groups is 1. The number of aryl methyl sites for hydroxylation is 1. The van der Waals surface area contributed by atoms with Crippen LogP contribution in [0.5, 0.6) is 5.75 Å². The summed E-state index contributed by atoms with van der Waals surface area (Å²) in [4.78, 5) is 17.3. The van der Waals surface area contributed by atoms with Crippen LogP contribution in [0.1, 0.15) is 55.7 Å². The van der Waals surface area contributed by atoms with Crippen molar-refractivity contribution in [2.75, 3.05) is 6.61 Å². The van der Waals surface area contributed by atoms with Crippen molar-refractivity contribution in [3.05, 3.63) is 29.7 Å². The Morgan fingerprint density at radius 3 is 2.86 bits per heavy atom. The van der Waals surface area contributed by atoms with Crippen LogP contribution in [0.3, 0.4) is 0 Å². The van der Waals surface area contributed by atoms with E-state index in [0.717, 1.165) is 36.4 Å². The van der Waals surface area contributed by atoms with E-state index in [2.05, 4.69) is 10.3 Å². The van der Waals surface area contributed by atoms with Gasteiger partial charge in [-0.25, -0.2) is 4.98 Å². The van der Waals surface area contributed by atoms with Gasteiger partial charge in [-0.2, -0.15) is 0 Å². The molecule has 0 atom stereocenters. The number of nitrogens with zero attached hydrogens (tertiary/aromatic N) is 2. The van der Waals surface area contributed by atoms with E-state index in [-0.39, 0.29) is 5.91 Å². The minimum absolute atomic E-state index is 0.0232. The number of hydrogen-bond donors (Lipinski definition) is 1. The lowest BCUT2D eigenvalue weighted by Crippen LogP contribution is -2.33. The molecule has 1 N–H and O–H groups in total. The summed E-state index contributed by atoms with van der Waals surface area (Å²) >= 11 is 0. The fourth-order valence-corrected chi connectivity index (χ4v) is 3.17. The molecule has 2 aromatic heterocycles. The predicted molar refractivity (Wildman–Crippen MR) is 85.5 cm³/mol. The van der Waals surface area contributed by atoms with Gasteiger partial charge >= 0.3 is 0 Å². The molecule has 0 aromatic carbocycles. The molecule has 22 heavy (non-hydrogen) atoms. The van der Waals surface area contributed by atoms with Crippen molar-refractivity contribution in [2.45, 2.75) is 52.0 Å². The summed E-state index contributed by atoms with van der Waals surface area (Å²) in [6, 6.07) is 4.09. The van der Waals surface area contributed by atoms with E-state index < -0.39 is 0 Å². The molecule has 0 spiro atoms. The van der Waals surface area contributed by atoms with Gasteiger partial charge in [0.1, 0.15) is 5.69 Å². The Balaban J connectivity index is 1.99. The number of hydrogen-bond acceptors (Lipinski definition) is 3. The summed E-state index contributed by atoms with van der Waals surface area (Å²) < 4.78 is 7.49. The normalized spacial score (nSPS) is 15.4. The standard InChI is InChI=1S/C17H23N3O2/c1-3-13-15(17(21)18-12-8-5-6-9-12)20-11-7-10-14(22-4-2)16(20)19-13/h7,10-12H,3-6,8-9H2,1-2H3,(H,18,21). The van der Waals surface area contributed by atoms with Crippen LogP contribution in [-0.2, 0) is 6.42 Å². The van der Waals surface area contributed by atoms with Crippen LogP contribution in [0, 0.1) is 0 Å². The summed E-state index contributed by atoms with van der Waals surface area (Å²) in [6.45, 7) is 4.55. The smallest absolute Gasteiger partial charge is 0.270 e. The minimum atomic E-state index is -0.0232. The van der Waals surface area contributed by atoms with E-state index >= 15 is 0 Å². The lowest BCUT2D eigenvalue weighted by molar-refractivity contribution is 0.0931. The first-order valence-corrected chi connectivity index (χ1v) is 8.18. The van der Waals surface area contributed by atoms with Gasteiger partial charge in [-0.15, -0.1) is 0 Å². The third-order valence-electron chi connectivity index (χ3n) is 4.23. The fraction of sp³-hybridized carbons (Fsp3) is 0.529. The van der Waals surface area contributed by atoms with Crippen LogP contribution >= 0.6 is 0 Å². The summed E-state index contributed by atoms with van der Waals surface area (Å²) in [5, 5.41) is 3.16. The molecular weight excluding hydrogens is 278 g/mol. The number of fused-ring (bicyclic) bond motifs is 1. The zero-order valence-electron chi connectivity index (χ0n) is 13.3. The molecule has 2 aromatic rings. The molecule has 1 aliphatic carbocycles. The van der Waals surface area contributed by atoms with Gasteiger partial charge < -0.3 is 10.1 Å². The van der Waals surface area contributed by atoms with Crippen LogP contribution in [0.25, 0.3) is 5.65 Å². The zero-order valence-corrected chi connectivity index (χ0v) is 13.3. The van der Waals surface area contributed by atoms with E-state index in [0.29, 0.717) is 18.3 Å². The van der Waals surface area contributed by atoms with Crippen molar-refractivity contribution < 1.29 is 9.53 Å². The van der Waals surface area contributed by atoms with Crippen LogP contribution in [0.2, 0.25) is 0 Å². The number of nitrogens with one attached hydrogen (secondary N) is 1.